The zero-order chi connectivity index (χ0) is 11.9. The quantitative estimate of drug-likeness (QED) is 0.849. The van der Waals surface area contributed by atoms with Gasteiger partial charge in [-0.15, -0.1) is 0 Å². The first-order valence-electron chi connectivity index (χ1n) is 5.80. The molecule has 1 aliphatic heterocycles. The number of thiol groups is 1. The van der Waals surface area contributed by atoms with Crippen molar-refractivity contribution in [3.8, 4) is 0 Å². The zero-order valence-corrected chi connectivity index (χ0v) is 10.7. The van der Waals surface area contributed by atoms with Crippen LogP contribution < -0.4 is 0 Å². The largest absolute Gasteiger partial charge is 0.441 e. The minimum Gasteiger partial charge on any atom is -0.441 e. The number of hydrogen-bond donors (Lipinski definition) is 1. The fourth-order valence-electron chi connectivity index (χ4n) is 2.39. The Kier molecular flexibility index (Phi) is 2.64. The Morgan fingerprint density at radius 2 is 2.24 bits per heavy atom. The minimum atomic E-state index is 0.136. The summed E-state index contributed by atoms with van der Waals surface area (Å²) in [6.07, 6.45) is 1.04. The molecule has 0 aliphatic carbocycles. The molecule has 0 atom stereocenters. The molecular formula is C13H15NO2S. The van der Waals surface area contributed by atoms with Crippen molar-refractivity contribution in [3.05, 3.63) is 29.7 Å². The SMILES string of the molecule is Cc1nc2ccc(C3(CCS)COC3)cc2o1. The fraction of sp³-hybridized carbons (Fsp3) is 0.462. The van der Waals surface area contributed by atoms with Crippen molar-refractivity contribution in [2.75, 3.05) is 19.0 Å². The second-order valence-corrected chi connectivity index (χ2v) is 5.11. The lowest BCUT2D eigenvalue weighted by Gasteiger charge is -2.41. The van der Waals surface area contributed by atoms with Crippen molar-refractivity contribution in [2.24, 2.45) is 0 Å². The fourth-order valence-corrected chi connectivity index (χ4v) is 2.82. The van der Waals surface area contributed by atoms with Crippen LogP contribution in [0.1, 0.15) is 17.9 Å². The maximum Gasteiger partial charge on any atom is 0.192 e. The topological polar surface area (TPSA) is 35.3 Å². The van der Waals surface area contributed by atoms with Crippen LogP contribution >= 0.6 is 12.6 Å². The summed E-state index contributed by atoms with van der Waals surface area (Å²) in [6, 6.07) is 6.26. The molecule has 17 heavy (non-hydrogen) atoms. The van der Waals surface area contributed by atoms with Crippen molar-refractivity contribution in [3.63, 3.8) is 0 Å². The molecule has 1 saturated heterocycles. The lowest BCUT2D eigenvalue weighted by molar-refractivity contribution is -0.0613. The van der Waals surface area contributed by atoms with Gasteiger partial charge in [0.05, 0.1) is 13.2 Å². The van der Waals surface area contributed by atoms with E-state index in [2.05, 4.69) is 29.7 Å². The van der Waals surface area contributed by atoms with E-state index in [0.29, 0.717) is 5.89 Å². The number of rotatable bonds is 3. The molecular weight excluding hydrogens is 234 g/mol. The highest BCUT2D eigenvalue weighted by Crippen LogP contribution is 2.37. The third-order valence-corrected chi connectivity index (χ3v) is 3.68. The average molecular weight is 249 g/mol. The van der Waals surface area contributed by atoms with E-state index in [1.165, 1.54) is 5.56 Å². The van der Waals surface area contributed by atoms with Crippen LogP contribution in [0, 0.1) is 6.92 Å². The smallest absolute Gasteiger partial charge is 0.192 e. The summed E-state index contributed by atoms with van der Waals surface area (Å²) in [7, 11) is 0. The van der Waals surface area contributed by atoms with Crippen LogP contribution in [-0.2, 0) is 10.2 Å². The molecule has 3 rings (SSSR count). The Morgan fingerprint density at radius 3 is 2.88 bits per heavy atom. The Morgan fingerprint density at radius 1 is 1.41 bits per heavy atom. The first-order valence-corrected chi connectivity index (χ1v) is 6.43. The molecule has 0 bridgehead atoms. The summed E-state index contributed by atoms with van der Waals surface area (Å²) in [5, 5.41) is 0. The lowest BCUT2D eigenvalue weighted by atomic mass is 9.76. The zero-order valence-electron chi connectivity index (χ0n) is 9.77. The maximum atomic E-state index is 5.58. The molecule has 4 heteroatoms. The number of hydrogen-bond acceptors (Lipinski definition) is 4. The normalized spacial score (nSPS) is 18.2. The van der Waals surface area contributed by atoms with Gasteiger partial charge in [0.15, 0.2) is 11.5 Å². The van der Waals surface area contributed by atoms with E-state index >= 15 is 0 Å². The van der Waals surface area contributed by atoms with Gasteiger partial charge in [-0.1, -0.05) is 6.07 Å². The summed E-state index contributed by atoms with van der Waals surface area (Å²) in [4.78, 5) is 4.31. The number of ether oxygens (including phenoxy) is 1. The maximum absolute atomic E-state index is 5.58. The van der Waals surface area contributed by atoms with Crippen LogP contribution in [0.4, 0.5) is 0 Å². The van der Waals surface area contributed by atoms with Gasteiger partial charge in [0.2, 0.25) is 0 Å². The molecule has 1 aromatic carbocycles. The van der Waals surface area contributed by atoms with Crippen molar-refractivity contribution in [2.45, 2.75) is 18.8 Å². The van der Waals surface area contributed by atoms with E-state index in [0.717, 1.165) is 36.5 Å². The number of aryl methyl sites for hydroxylation is 1. The van der Waals surface area contributed by atoms with E-state index < -0.39 is 0 Å². The highest BCUT2D eigenvalue weighted by atomic mass is 32.1. The van der Waals surface area contributed by atoms with Crippen LogP contribution in [0.25, 0.3) is 11.1 Å². The van der Waals surface area contributed by atoms with Crippen LogP contribution in [0.15, 0.2) is 22.6 Å². The van der Waals surface area contributed by atoms with Gasteiger partial charge in [0, 0.05) is 12.3 Å². The lowest BCUT2D eigenvalue weighted by Crippen LogP contribution is -2.47. The molecule has 0 unspecified atom stereocenters. The van der Waals surface area contributed by atoms with Gasteiger partial charge in [-0.25, -0.2) is 4.98 Å². The molecule has 3 nitrogen and oxygen atoms in total. The second kappa shape index (κ2) is 4.03. The summed E-state index contributed by atoms with van der Waals surface area (Å²) in [5.74, 6) is 1.59. The van der Waals surface area contributed by atoms with Gasteiger partial charge in [-0.3, -0.25) is 0 Å². The first-order chi connectivity index (χ1) is 8.23. The molecule has 90 valence electrons. The molecule has 1 fully saturated rings. The number of fused-ring (bicyclic) bond motifs is 1. The van der Waals surface area contributed by atoms with Crippen LogP contribution in [0.3, 0.4) is 0 Å². The summed E-state index contributed by atoms with van der Waals surface area (Å²) in [5.41, 5.74) is 3.20. The van der Waals surface area contributed by atoms with Gasteiger partial charge < -0.3 is 9.15 Å². The van der Waals surface area contributed by atoms with Crippen LogP contribution in [0.2, 0.25) is 0 Å². The third-order valence-electron chi connectivity index (χ3n) is 3.45. The average Bonchev–Trinajstić information content (AvgIpc) is 2.62. The Balaban J connectivity index is 2.04. The van der Waals surface area contributed by atoms with E-state index in [1.807, 2.05) is 13.0 Å². The Labute approximate surface area is 106 Å². The molecule has 0 radical (unpaired) electrons. The summed E-state index contributed by atoms with van der Waals surface area (Å²) in [6.45, 7) is 3.44. The number of aromatic nitrogens is 1. The van der Waals surface area contributed by atoms with Gasteiger partial charge in [-0.2, -0.15) is 12.6 Å². The Bertz CT molecular complexity index is 545. The molecule has 1 aliphatic rings. The molecule has 0 saturated carbocycles. The van der Waals surface area contributed by atoms with Gasteiger partial charge in [0.25, 0.3) is 0 Å². The second-order valence-electron chi connectivity index (χ2n) is 4.66. The molecule has 0 N–H and O–H groups in total. The van der Waals surface area contributed by atoms with Crippen LogP contribution in [0.5, 0.6) is 0 Å². The van der Waals surface area contributed by atoms with Crippen LogP contribution in [-0.4, -0.2) is 24.0 Å². The first kappa shape index (κ1) is 11.1. The molecule has 1 aromatic heterocycles. The molecule has 0 amide bonds. The van der Waals surface area contributed by atoms with Gasteiger partial charge >= 0.3 is 0 Å². The highest BCUT2D eigenvalue weighted by Gasteiger charge is 2.39. The predicted molar refractivity (Wildman–Crippen MR) is 69.7 cm³/mol. The van der Waals surface area contributed by atoms with Crippen molar-refractivity contribution in [1.29, 1.82) is 0 Å². The van der Waals surface area contributed by atoms with E-state index in [1.54, 1.807) is 0 Å². The van der Waals surface area contributed by atoms with E-state index in [4.69, 9.17) is 9.15 Å². The summed E-state index contributed by atoms with van der Waals surface area (Å²) >= 11 is 4.34. The van der Waals surface area contributed by atoms with Gasteiger partial charge in [0.1, 0.15) is 5.52 Å². The van der Waals surface area contributed by atoms with Crippen molar-refractivity contribution < 1.29 is 9.15 Å². The van der Waals surface area contributed by atoms with Crippen molar-refractivity contribution in [1.82, 2.24) is 4.98 Å². The monoisotopic (exact) mass is 249 g/mol. The molecule has 2 heterocycles. The predicted octanol–water partition coefficient (Wildman–Crippen LogP) is 2.72. The summed E-state index contributed by atoms with van der Waals surface area (Å²) < 4.78 is 11.0. The number of benzene rings is 1. The number of nitrogens with zero attached hydrogens (tertiary/aromatic N) is 1. The molecule has 0 spiro atoms. The third kappa shape index (κ3) is 1.76. The Hall–Kier alpha value is -1.00. The highest BCUT2D eigenvalue weighted by molar-refractivity contribution is 7.80. The van der Waals surface area contributed by atoms with E-state index in [9.17, 15) is 0 Å². The van der Waals surface area contributed by atoms with E-state index in [-0.39, 0.29) is 5.41 Å². The standard InChI is InChI=1S/C13H15NO2S/c1-9-14-11-3-2-10(6-12(11)16-9)13(4-5-17)7-15-8-13/h2-3,6,17H,4-5,7-8H2,1H3. The number of oxazole rings is 1. The minimum absolute atomic E-state index is 0.136. The molecule has 2 aromatic rings. The van der Waals surface area contributed by atoms with Crippen molar-refractivity contribution >= 4 is 23.7 Å². The van der Waals surface area contributed by atoms with Gasteiger partial charge in [-0.05, 0) is 29.9 Å².